The SMILES string of the molecule is CCCC(CC)Nc1ccc(C(=O)OC)cc1. The third kappa shape index (κ3) is 4.10. The van der Waals surface area contributed by atoms with E-state index in [-0.39, 0.29) is 5.97 Å². The van der Waals surface area contributed by atoms with E-state index < -0.39 is 0 Å². The van der Waals surface area contributed by atoms with Crippen LogP contribution in [0, 0.1) is 0 Å². The molecule has 1 N–H and O–H groups in total. The van der Waals surface area contributed by atoms with Crippen LogP contribution in [0.3, 0.4) is 0 Å². The third-order valence-corrected chi connectivity index (χ3v) is 2.81. The molecule has 0 heterocycles. The lowest BCUT2D eigenvalue weighted by atomic mass is 10.1. The summed E-state index contributed by atoms with van der Waals surface area (Å²) >= 11 is 0. The van der Waals surface area contributed by atoms with Crippen LogP contribution in [0.4, 0.5) is 5.69 Å². The second kappa shape index (κ2) is 6.94. The minimum Gasteiger partial charge on any atom is -0.465 e. The maximum Gasteiger partial charge on any atom is 0.337 e. The lowest BCUT2D eigenvalue weighted by molar-refractivity contribution is 0.0601. The summed E-state index contributed by atoms with van der Waals surface area (Å²) in [5, 5.41) is 3.46. The Labute approximate surface area is 103 Å². The third-order valence-electron chi connectivity index (χ3n) is 2.81. The molecule has 1 aromatic carbocycles. The molecule has 1 rings (SSSR count). The fourth-order valence-electron chi connectivity index (χ4n) is 1.78. The van der Waals surface area contributed by atoms with Gasteiger partial charge in [-0.1, -0.05) is 20.3 Å². The van der Waals surface area contributed by atoms with Crippen LogP contribution in [-0.4, -0.2) is 19.1 Å². The molecule has 0 saturated carbocycles. The number of benzene rings is 1. The molecule has 3 heteroatoms. The monoisotopic (exact) mass is 235 g/mol. The average Bonchev–Trinajstić information content (AvgIpc) is 2.38. The summed E-state index contributed by atoms with van der Waals surface area (Å²) in [5.74, 6) is -0.294. The first-order valence-corrected chi connectivity index (χ1v) is 6.16. The Morgan fingerprint density at radius 1 is 1.29 bits per heavy atom. The van der Waals surface area contributed by atoms with Crippen LogP contribution >= 0.6 is 0 Å². The van der Waals surface area contributed by atoms with Crippen molar-refractivity contribution in [3.63, 3.8) is 0 Å². The van der Waals surface area contributed by atoms with E-state index in [1.54, 1.807) is 12.1 Å². The zero-order valence-corrected chi connectivity index (χ0v) is 10.8. The molecule has 0 amide bonds. The number of esters is 1. The van der Waals surface area contributed by atoms with Gasteiger partial charge < -0.3 is 10.1 Å². The molecule has 0 saturated heterocycles. The predicted molar refractivity (Wildman–Crippen MR) is 70.4 cm³/mol. The summed E-state index contributed by atoms with van der Waals surface area (Å²) in [6.07, 6.45) is 3.44. The van der Waals surface area contributed by atoms with Crippen LogP contribution in [0.5, 0.6) is 0 Å². The van der Waals surface area contributed by atoms with E-state index in [1.807, 2.05) is 12.1 Å². The zero-order chi connectivity index (χ0) is 12.7. The van der Waals surface area contributed by atoms with E-state index in [9.17, 15) is 4.79 Å². The fourth-order valence-corrected chi connectivity index (χ4v) is 1.78. The van der Waals surface area contributed by atoms with Gasteiger partial charge in [-0.05, 0) is 37.1 Å². The Morgan fingerprint density at radius 3 is 2.41 bits per heavy atom. The smallest absolute Gasteiger partial charge is 0.337 e. The van der Waals surface area contributed by atoms with Gasteiger partial charge in [-0.3, -0.25) is 0 Å². The van der Waals surface area contributed by atoms with Crippen molar-refractivity contribution in [1.29, 1.82) is 0 Å². The summed E-state index contributed by atoms with van der Waals surface area (Å²) in [6, 6.07) is 7.92. The molecule has 1 aromatic rings. The number of rotatable bonds is 6. The van der Waals surface area contributed by atoms with Crippen molar-refractivity contribution < 1.29 is 9.53 Å². The molecule has 1 unspecified atom stereocenters. The first kappa shape index (κ1) is 13.6. The number of hydrogen-bond donors (Lipinski definition) is 1. The second-order valence-corrected chi connectivity index (χ2v) is 4.11. The summed E-state index contributed by atoms with van der Waals surface area (Å²) in [6.45, 7) is 4.36. The lowest BCUT2D eigenvalue weighted by Gasteiger charge is -2.17. The van der Waals surface area contributed by atoms with Gasteiger partial charge in [-0.2, -0.15) is 0 Å². The van der Waals surface area contributed by atoms with Crippen LogP contribution in [-0.2, 0) is 4.74 Å². The van der Waals surface area contributed by atoms with E-state index >= 15 is 0 Å². The Kier molecular flexibility index (Phi) is 5.53. The normalized spacial score (nSPS) is 11.9. The summed E-state index contributed by atoms with van der Waals surface area (Å²) in [5.41, 5.74) is 1.64. The van der Waals surface area contributed by atoms with Gasteiger partial charge in [0.15, 0.2) is 0 Å². The molecule has 0 aliphatic carbocycles. The quantitative estimate of drug-likeness (QED) is 0.767. The highest BCUT2D eigenvalue weighted by Crippen LogP contribution is 2.14. The Balaban J connectivity index is 2.64. The van der Waals surface area contributed by atoms with Crippen LogP contribution in [0.15, 0.2) is 24.3 Å². The number of hydrogen-bond acceptors (Lipinski definition) is 3. The van der Waals surface area contributed by atoms with Crippen molar-refractivity contribution in [1.82, 2.24) is 0 Å². The standard InChI is InChI=1S/C14H21NO2/c1-4-6-12(5-2)15-13-9-7-11(8-10-13)14(16)17-3/h7-10,12,15H,4-6H2,1-3H3. The van der Waals surface area contributed by atoms with Crippen molar-refractivity contribution in [3.8, 4) is 0 Å². The predicted octanol–water partition coefficient (Wildman–Crippen LogP) is 3.46. The first-order valence-electron chi connectivity index (χ1n) is 6.16. The van der Waals surface area contributed by atoms with E-state index in [0.717, 1.165) is 18.5 Å². The molecule has 0 radical (unpaired) electrons. The van der Waals surface area contributed by atoms with E-state index in [1.165, 1.54) is 13.5 Å². The van der Waals surface area contributed by atoms with Gasteiger partial charge in [0.05, 0.1) is 12.7 Å². The maximum atomic E-state index is 11.3. The molecule has 0 fully saturated rings. The van der Waals surface area contributed by atoms with Gasteiger partial charge in [0.1, 0.15) is 0 Å². The van der Waals surface area contributed by atoms with Gasteiger partial charge in [0.2, 0.25) is 0 Å². The number of carbonyl (C=O) groups is 1. The highest BCUT2D eigenvalue weighted by molar-refractivity contribution is 5.89. The van der Waals surface area contributed by atoms with Crippen LogP contribution < -0.4 is 5.32 Å². The Morgan fingerprint density at radius 2 is 1.94 bits per heavy atom. The highest BCUT2D eigenvalue weighted by atomic mass is 16.5. The highest BCUT2D eigenvalue weighted by Gasteiger charge is 2.07. The second-order valence-electron chi connectivity index (χ2n) is 4.11. The van der Waals surface area contributed by atoms with Crippen molar-refractivity contribution in [2.24, 2.45) is 0 Å². The van der Waals surface area contributed by atoms with Gasteiger partial charge in [-0.15, -0.1) is 0 Å². The van der Waals surface area contributed by atoms with Crippen LogP contribution in [0.2, 0.25) is 0 Å². The fraction of sp³-hybridized carbons (Fsp3) is 0.500. The van der Waals surface area contributed by atoms with Gasteiger partial charge in [0.25, 0.3) is 0 Å². The van der Waals surface area contributed by atoms with Crippen molar-refractivity contribution >= 4 is 11.7 Å². The molecule has 1 atom stereocenters. The largest absolute Gasteiger partial charge is 0.465 e. The maximum absolute atomic E-state index is 11.3. The number of nitrogens with one attached hydrogen (secondary N) is 1. The molecule has 17 heavy (non-hydrogen) atoms. The van der Waals surface area contributed by atoms with E-state index in [4.69, 9.17) is 0 Å². The van der Waals surface area contributed by atoms with Crippen molar-refractivity contribution in [2.75, 3.05) is 12.4 Å². The van der Waals surface area contributed by atoms with E-state index in [2.05, 4.69) is 23.9 Å². The molecule has 94 valence electrons. The number of anilines is 1. The number of carbonyl (C=O) groups excluding carboxylic acids is 1. The van der Waals surface area contributed by atoms with Gasteiger partial charge in [0, 0.05) is 11.7 Å². The molecular weight excluding hydrogens is 214 g/mol. The first-order chi connectivity index (χ1) is 8.21. The molecule has 3 nitrogen and oxygen atoms in total. The summed E-state index contributed by atoms with van der Waals surface area (Å²) < 4.78 is 4.66. The number of ether oxygens (including phenoxy) is 1. The number of methoxy groups -OCH3 is 1. The molecule has 0 aromatic heterocycles. The average molecular weight is 235 g/mol. The Bertz CT molecular complexity index is 346. The molecular formula is C14H21NO2. The Hall–Kier alpha value is -1.51. The van der Waals surface area contributed by atoms with Gasteiger partial charge in [-0.25, -0.2) is 4.79 Å². The van der Waals surface area contributed by atoms with Gasteiger partial charge >= 0.3 is 5.97 Å². The van der Waals surface area contributed by atoms with Crippen molar-refractivity contribution in [2.45, 2.75) is 39.2 Å². The minimum atomic E-state index is -0.294. The van der Waals surface area contributed by atoms with Crippen LogP contribution in [0.1, 0.15) is 43.5 Å². The summed E-state index contributed by atoms with van der Waals surface area (Å²) in [4.78, 5) is 11.3. The molecule has 0 spiro atoms. The minimum absolute atomic E-state index is 0.294. The molecule has 0 bridgehead atoms. The van der Waals surface area contributed by atoms with Crippen molar-refractivity contribution in [3.05, 3.63) is 29.8 Å². The summed E-state index contributed by atoms with van der Waals surface area (Å²) in [7, 11) is 1.39. The van der Waals surface area contributed by atoms with Crippen LogP contribution in [0.25, 0.3) is 0 Å². The zero-order valence-electron chi connectivity index (χ0n) is 10.8. The van der Waals surface area contributed by atoms with E-state index in [0.29, 0.717) is 11.6 Å². The lowest BCUT2D eigenvalue weighted by Crippen LogP contribution is -2.17. The molecule has 0 aliphatic heterocycles. The molecule has 0 aliphatic rings. The topological polar surface area (TPSA) is 38.3 Å².